The van der Waals surface area contributed by atoms with E-state index in [4.69, 9.17) is 9.47 Å². The average molecular weight is 633 g/mol. The first-order chi connectivity index (χ1) is 20.7. The molecule has 0 radical (unpaired) electrons. The molecule has 44 heavy (non-hydrogen) atoms. The fourth-order valence-electron chi connectivity index (χ4n) is 11.4. The van der Waals surface area contributed by atoms with Gasteiger partial charge in [-0.15, -0.1) is 0 Å². The third-order valence-electron chi connectivity index (χ3n) is 13.7. The highest BCUT2D eigenvalue weighted by Gasteiger charge is 2.68. The van der Waals surface area contributed by atoms with Crippen LogP contribution < -0.4 is 19.5 Å². The van der Waals surface area contributed by atoms with Gasteiger partial charge in [0.2, 0.25) is 6.79 Å². The monoisotopic (exact) mass is 632 g/mol. The summed E-state index contributed by atoms with van der Waals surface area (Å²) in [6.45, 7) is 12.2. The number of carbonyl (C=O) groups excluding carboxylic acids is 1. The van der Waals surface area contributed by atoms with E-state index in [1.54, 1.807) is 0 Å². The van der Waals surface area contributed by atoms with Gasteiger partial charge >= 0.3 is 6.03 Å². The molecule has 0 aromatic heterocycles. The molecule has 0 spiro atoms. The Morgan fingerprint density at radius 3 is 2.52 bits per heavy atom. The number of carbonyl (C=O) groups is 1. The number of nitrogens with one attached hydrogen (secondary N) is 2. The summed E-state index contributed by atoms with van der Waals surface area (Å²) in [5.41, 5.74) is 0.199. The van der Waals surface area contributed by atoms with E-state index in [0.29, 0.717) is 41.7 Å². The van der Waals surface area contributed by atoms with E-state index in [0.717, 1.165) is 57.8 Å². The normalized spacial score (nSPS) is 41.7. The number of aliphatic hydroxyl groups is 2. The Morgan fingerprint density at radius 2 is 1.77 bits per heavy atom. The fraction of sp³-hybridized carbons (Fsp3) is 0.794. The van der Waals surface area contributed by atoms with Crippen molar-refractivity contribution in [2.45, 2.75) is 110 Å². The molecule has 1 aromatic carbocycles. The first-order valence-electron chi connectivity index (χ1n) is 16.8. The van der Waals surface area contributed by atoms with Gasteiger partial charge in [0, 0.05) is 12.6 Å². The van der Waals surface area contributed by atoms with Crippen molar-refractivity contribution in [2.24, 2.45) is 51.8 Å². The number of urea groups is 1. The highest BCUT2D eigenvalue weighted by molar-refractivity contribution is 7.90. The van der Waals surface area contributed by atoms with Crippen LogP contribution in [0.1, 0.15) is 92.4 Å². The number of aliphatic hydroxyl groups excluding tert-OH is 2. The number of amides is 2. The van der Waals surface area contributed by atoms with Crippen LogP contribution in [0.15, 0.2) is 23.1 Å². The van der Waals surface area contributed by atoms with Gasteiger partial charge in [0.1, 0.15) is 0 Å². The van der Waals surface area contributed by atoms with E-state index in [1.807, 2.05) is 0 Å². The van der Waals surface area contributed by atoms with Gasteiger partial charge in [-0.2, -0.15) is 0 Å². The van der Waals surface area contributed by atoms with Crippen LogP contribution in [-0.4, -0.2) is 50.2 Å². The van der Waals surface area contributed by atoms with Crippen LogP contribution in [0.2, 0.25) is 0 Å². The maximum absolute atomic E-state index is 12.8. The lowest BCUT2D eigenvalue weighted by Gasteiger charge is -2.69. The minimum absolute atomic E-state index is 0.0383. The van der Waals surface area contributed by atoms with E-state index < -0.39 is 16.1 Å². The smallest absolute Gasteiger partial charge is 0.328 e. The third kappa shape index (κ3) is 4.93. The number of hydrogen-bond donors (Lipinski definition) is 4. The Kier molecular flexibility index (Phi) is 8.22. The van der Waals surface area contributed by atoms with Gasteiger partial charge < -0.3 is 25.0 Å². The summed E-state index contributed by atoms with van der Waals surface area (Å²) in [6, 6.07) is 3.53. The van der Waals surface area contributed by atoms with Crippen molar-refractivity contribution in [2.75, 3.05) is 13.3 Å². The second-order valence-electron chi connectivity index (χ2n) is 15.4. The zero-order valence-electron chi connectivity index (χ0n) is 27.0. The molecule has 2 amide bonds. The van der Waals surface area contributed by atoms with Gasteiger partial charge in [0.25, 0.3) is 10.0 Å². The molecule has 6 rings (SSSR count). The lowest BCUT2D eigenvalue weighted by atomic mass is 9.36. The predicted molar refractivity (Wildman–Crippen MR) is 166 cm³/mol. The number of benzene rings is 1. The SMILES string of the molecule is CC[C@H]1[C@@H](O)[C@H]2[C@@H]3CC[C@H]([C@H](C)CCNC(=O)NS(=O)(=O)c4ccc5c(c4)OCO5)[C@@]3(C)CC[C@@H]2[C@@]2(C)CC[C@@H](O)C[C@@]12C. The Morgan fingerprint density at radius 1 is 1.02 bits per heavy atom. The van der Waals surface area contributed by atoms with Crippen LogP contribution in [-0.2, 0) is 10.0 Å². The highest BCUT2D eigenvalue weighted by atomic mass is 32.2. The first-order valence-corrected chi connectivity index (χ1v) is 18.3. The van der Waals surface area contributed by atoms with Crippen LogP contribution in [0.5, 0.6) is 11.5 Å². The molecule has 9 nitrogen and oxygen atoms in total. The topological polar surface area (TPSA) is 134 Å². The Bertz CT molecular complexity index is 1370. The average Bonchev–Trinajstić information content (AvgIpc) is 3.57. The minimum Gasteiger partial charge on any atom is -0.454 e. The molecule has 4 fully saturated rings. The Balaban J connectivity index is 1.09. The van der Waals surface area contributed by atoms with E-state index in [2.05, 4.69) is 44.7 Å². The summed E-state index contributed by atoms with van der Waals surface area (Å²) < 4.78 is 38.2. The van der Waals surface area contributed by atoms with Crippen molar-refractivity contribution >= 4 is 16.1 Å². The Hall–Kier alpha value is -2.04. The quantitative estimate of drug-likeness (QED) is 0.314. The standard InChI is InChI=1S/C34H52N2O7S/c1-6-23-30(38)29-25-9-8-24(32(25,3)14-12-26(29)33(4)15-11-21(37)18-34(23,33)5)20(2)13-16-35-31(39)36-44(40,41)22-7-10-27-28(17-22)43-19-42-27/h7,10,17,20-21,23-26,29-30,37-38H,6,8-9,11-16,18-19H2,1-5H3,(H2,35,36,39)/t20-,21-,23+,24-,25+,26+,29+,30-,32-,33-,34+/m1/s1. The lowest BCUT2D eigenvalue weighted by molar-refractivity contribution is -0.243. The van der Waals surface area contributed by atoms with Gasteiger partial charge in [-0.3, -0.25) is 0 Å². The molecule has 1 aliphatic heterocycles. The molecule has 246 valence electrons. The van der Waals surface area contributed by atoms with Crippen molar-refractivity contribution in [1.29, 1.82) is 0 Å². The summed E-state index contributed by atoms with van der Waals surface area (Å²) in [6.07, 6.45) is 8.28. The predicted octanol–water partition coefficient (Wildman–Crippen LogP) is 5.45. The molecule has 4 aliphatic carbocycles. The van der Waals surface area contributed by atoms with Crippen LogP contribution in [0.3, 0.4) is 0 Å². The first kappa shape index (κ1) is 31.9. The number of rotatable bonds is 7. The molecule has 5 aliphatic rings. The largest absolute Gasteiger partial charge is 0.454 e. The fourth-order valence-corrected chi connectivity index (χ4v) is 12.3. The second kappa shape index (κ2) is 11.3. The van der Waals surface area contributed by atoms with Gasteiger partial charge in [-0.1, -0.05) is 41.0 Å². The number of hydrogen-bond acceptors (Lipinski definition) is 7. The lowest BCUT2D eigenvalue weighted by Crippen LogP contribution is -2.66. The summed E-state index contributed by atoms with van der Waals surface area (Å²) in [7, 11) is -4.05. The molecule has 11 atom stereocenters. The van der Waals surface area contributed by atoms with Crippen LogP contribution in [0.4, 0.5) is 4.79 Å². The molecule has 0 saturated heterocycles. The number of ether oxygens (including phenoxy) is 2. The maximum atomic E-state index is 12.8. The van der Waals surface area contributed by atoms with Gasteiger partial charge in [-0.25, -0.2) is 17.9 Å². The van der Waals surface area contributed by atoms with Gasteiger partial charge in [-0.05, 0) is 115 Å². The van der Waals surface area contributed by atoms with Crippen LogP contribution >= 0.6 is 0 Å². The zero-order valence-corrected chi connectivity index (χ0v) is 27.8. The van der Waals surface area contributed by atoms with Gasteiger partial charge in [0.15, 0.2) is 11.5 Å². The molecule has 4 saturated carbocycles. The van der Waals surface area contributed by atoms with Crippen molar-refractivity contribution in [1.82, 2.24) is 10.0 Å². The molecular formula is C34H52N2O7S. The van der Waals surface area contributed by atoms with Crippen molar-refractivity contribution in [3.63, 3.8) is 0 Å². The summed E-state index contributed by atoms with van der Waals surface area (Å²) in [4.78, 5) is 12.5. The van der Waals surface area contributed by atoms with E-state index in [-0.39, 0.29) is 52.0 Å². The third-order valence-corrected chi connectivity index (χ3v) is 15.0. The molecular weight excluding hydrogens is 580 g/mol. The van der Waals surface area contributed by atoms with Crippen molar-refractivity contribution < 1.29 is 32.9 Å². The maximum Gasteiger partial charge on any atom is 0.328 e. The molecule has 0 unspecified atom stereocenters. The van der Waals surface area contributed by atoms with Crippen LogP contribution in [0.25, 0.3) is 0 Å². The zero-order chi connectivity index (χ0) is 31.7. The minimum atomic E-state index is -4.05. The van der Waals surface area contributed by atoms with E-state index in [1.165, 1.54) is 18.2 Å². The summed E-state index contributed by atoms with van der Waals surface area (Å²) >= 11 is 0. The van der Waals surface area contributed by atoms with Gasteiger partial charge in [0.05, 0.1) is 17.1 Å². The van der Waals surface area contributed by atoms with E-state index in [9.17, 15) is 23.4 Å². The van der Waals surface area contributed by atoms with Crippen LogP contribution in [0, 0.1) is 51.8 Å². The summed E-state index contributed by atoms with van der Waals surface area (Å²) in [5, 5.41) is 25.5. The molecule has 0 bridgehead atoms. The molecule has 1 aromatic rings. The number of sulfonamides is 1. The highest BCUT2D eigenvalue weighted by Crippen LogP contribution is 2.72. The molecule has 10 heteroatoms. The molecule has 1 heterocycles. The Labute approximate surface area is 262 Å². The summed E-state index contributed by atoms with van der Waals surface area (Å²) in [5.74, 6) is 3.07. The second-order valence-corrected chi connectivity index (χ2v) is 17.1. The van der Waals surface area contributed by atoms with Crippen molar-refractivity contribution in [3.05, 3.63) is 18.2 Å². The number of fused-ring (bicyclic) bond motifs is 6. The molecule has 4 N–H and O–H groups in total. The van der Waals surface area contributed by atoms with Crippen molar-refractivity contribution in [3.8, 4) is 11.5 Å². The van der Waals surface area contributed by atoms with E-state index >= 15 is 0 Å².